The molecule has 2 aromatic heterocycles. The minimum Gasteiger partial charge on any atom is -0.491 e. The molecule has 17 heteroatoms. The number of rotatable bonds is 24. The zero-order valence-electron chi connectivity index (χ0n) is 36.0. The summed E-state index contributed by atoms with van der Waals surface area (Å²) in [5, 5.41) is 18.1. The first-order valence-corrected chi connectivity index (χ1v) is 20.6. The van der Waals surface area contributed by atoms with Crippen molar-refractivity contribution in [1.29, 1.82) is 0 Å². The number of aliphatic hydroxyl groups is 2. The third-order valence-corrected chi connectivity index (χ3v) is 8.28. The van der Waals surface area contributed by atoms with E-state index in [1.165, 1.54) is 20.3 Å². The Morgan fingerprint density at radius 3 is 1.37 bits per heavy atom. The number of hydrogen-bond acceptors (Lipinski definition) is 16. The van der Waals surface area contributed by atoms with E-state index in [1.54, 1.807) is 32.4 Å². The molecular formula is C46H55IN2O14. The van der Waals surface area contributed by atoms with Crippen LogP contribution in [0.3, 0.4) is 0 Å². The summed E-state index contributed by atoms with van der Waals surface area (Å²) < 4.78 is 52.2. The van der Waals surface area contributed by atoms with E-state index in [-0.39, 0.29) is 24.6 Å². The van der Waals surface area contributed by atoms with E-state index in [4.69, 9.17) is 49.4 Å². The Hall–Kier alpha value is -5.19. The van der Waals surface area contributed by atoms with Gasteiger partial charge in [-0.3, -0.25) is 0 Å². The molecule has 340 valence electrons. The van der Waals surface area contributed by atoms with Gasteiger partial charge in [0.2, 0.25) is 0 Å². The van der Waals surface area contributed by atoms with E-state index in [0.29, 0.717) is 102 Å². The van der Waals surface area contributed by atoms with Crippen LogP contribution >= 0.6 is 22.6 Å². The van der Waals surface area contributed by atoms with Crippen molar-refractivity contribution in [3.8, 4) is 35.7 Å². The van der Waals surface area contributed by atoms with Gasteiger partial charge in [0, 0.05) is 34.5 Å². The van der Waals surface area contributed by atoms with Crippen LogP contribution < -0.4 is 9.47 Å². The Bertz CT molecular complexity index is 2000. The minimum absolute atomic E-state index is 0.103. The zero-order chi connectivity index (χ0) is 45.9. The fraction of sp³-hybridized carbons (Fsp3) is 0.391. The Labute approximate surface area is 382 Å². The molecule has 0 fully saturated rings. The van der Waals surface area contributed by atoms with Crippen molar-refractivity contribution < 1.29 is 67.2 Å². The van der Waals surface area contributed by atoms with Crippen LogP contribution in [0.25, 0.3) is 0 Å². The van der Waals surface area contributed by atoms with Crippen molar-refractivity contribution in [2.45, 2.75) is 13.2 Å². The fourth-order valence-electron chi connectivity index (χ4n) is 4.58. The number of esters is 2. The number of halogens is 1. The molecule has 0 aliphatic rings. The van der Waals surface area contributed by atoms with E-state index in [1.807, 2.05) is 71.1 Å². The smallest absolute Gasteiger partial charge is 0.356 e. The molecule has 63 heavy (non-hydrogen) atoms. The number of benzene rings is 2. The van der Waals surface area contributed by atoms with Gasteiger partial charge in [0.25, 0.3) is 0 Å². The van der Waals surface area contributed by atoms with Gasteiger partial charge < -0.3 is 57.6 Å². The number of aromatic nitrogens is 2. The highest BCUT2D eigenvalue weighted by atomic mass is 127. The quantitative estimate of drug-likeness (QED) is 0.0431. The van der Waals surface area contributed by atoms with Gasteiger partial charge in [-0.2, -0.15) is 0 Å². The van der Waals surface area contributed by atoms with Gasteiger partial charge in [0.15, 0.2) is 0 Å². The summed E-state index contributed by atoms with van der Waals surface area (Å²) in [7, 11) is 5.85. The molecule has 16 nitrogen and oxygen atoms in total. The van der Waals surface area contributed by atoms with Crippen molar-refractivity contribution >= 4 is 34.5 Å². The van der Waals surface area contributed by atoms with Crippen molar-refractivity contribution in [2.24, 2.45) is 0 Å². The van der Waals surface area contributed by atoms with Gasteiger partial charge in [-0.05, 0) is 95.4 Å². The molecule has 0 amide bonds. The first-order valence-electron chi connectivity index (χ1n) is 19.5. The average Bonchev–Trinajstić information content (AvgIpc) is 3.32. The molecule has 2 heterocycles. The molecule has 0 atom stereocenters. The first kappa shape index (κ1) is 53.9. The third-order valence-electron chi connectivity index (χ3n) is 7.66. The van der Waals surface area contributed by atoms with Gasteiger partial charge in [-0.1, -0.05) is 17.8 Å². The van der Waals surface area contributed by atoms with Crippen LogP contribution in [0.2, 0.25) is 0 Å². The van der Waals surface area contributed by atoms with Crippen molar-refractivity contribution in [2.75, 3.05) is 108 Å². The van der Waals surface area contributed by atoms with Gasteiger partial charge in [0.1, 0.15) is 36.1 Å². The standard InChI is InChI=1S/C23H27NO7.C15H20O4.C8H8INO3/c1-27-9-10-29-11-12-30-13-14-31-21-7-5-18(6-8-21)3-4-19-15-20(17-25)24-22(16-19)23(26)28-2;1-3-14-4-6-15(7-5-14)19-13-12-18-11-10-17-9-8-16-2;1-13-8(12)7-3-5(9)2-6(4-11)10-7/h5-8,15-16,25H,9-14,17H2,1-2H3;1,4-7H,8-13H2,2H3;2-3,11H,4H2,1H3. The predicted octanol–water partition coefficient (Wildman–Crippen LogP) is 4.51. The van der Waals surface area contributed by atoms with Crippen molar-refractivity contribution in [1.82, 2.24) is 9.97 Å². The van der Waals surface area contributed by atoms with E-state index < -0.39 is 11.9 Å². The molecule has 0 spiro atoms. The minimum atomic E-state index is -0.581. The molecule has 4 aromatic rings. The van der Waals surface area contributed by atoms with Crippen LogP contribution in [0.1, 0.15) is 49.1 Å². The number of nitrogens with zero attached hydrogens (tertiary/aromatic N) is 2. The monoisotopic (exact) mass is 986 g/mol. The fourth-order valence-corrected chi connectivity index (χ4v) is 5.24. The number of pyridine rings is 2. The Kier molecular flexibility index (Phi) is 29.4. The number of terminal acetylenes is 1. The molecule has 0 radical (unpaired) electrons. The maximum atomic E-state index is 11.7. The van der Waals surface area contributed by atoms with Crippen LogP contribution in [-0.2, 0) is 51.1 Å². The second-order valence-corrected chi connectivity index (χ2v) is 13.5. The SMILES string of the molecule is C#Cc1ccc(OCCOCCOCCOC)cc1.COC(=O)c1cc(I)cc(CO)n1.COCCOCCOCCOc1ccc(C#Cc2cc(CO)nc(C(=O)OC)c2)cc1. The molecule has 2 aromatic carbocycles. The van der Waals surface area contributed by atoms with E-state index >= 15 is 0 Å². The van der Waals surface area contributed by atoms with E-state index in [0.717, 1.165) is 20.4 Å². The number of ether oxygens (including phenoxy) is 10. The summed E-state index contributed by atoms with van der Waals surface area (Å²) in [6, 6.07) is 21.2. The lowest BCUT2D eigenvalue weighted by molar-refractivity contribution is 0.0180. The molecule has 2 N–H and O–H groups in total. The number of carbonyl (C=O) groups excluding carboxylic acids is 2. The largest absolute Gasteiger partial charge is 0.491 e. The molecule has 0 saturated carbocycles. The Balaban J connectivity index is 0.000000361. The molecule has 0 saturated heterocycles. The molecule has 4 rings (SSSR count). The summed E-state index contributed by atoms with van der Waals surface area (Å²) in [4.78, 5) is 30.7. The van der Waals surface area contributed by atoms with Crippen LogP contribution in [0.5, 0.6) is 11.5 Å². The van der Waals surface area contributed by atoms with Crippen LogP contribution in [0.4, 0.5) is 0 Å². The number of aliphatic hydroxyl groups excluding tert-OH is 2. The third kappa shape index (κ3) is 24.3. The highest BCUT2D eigenvalue weighted by molar-refractivity contribution is 14.1. The van der Waals surface area contributed by atoms with Crippen molar-refractivity contribution in [3.63, 3.8) is 0 Å². The summed E-state index contributed by atoms with van der Waals surface area (Å²) in [6.45, 7) is 5.95. The van der Waals surface area contributed by atoms with Crippen LogP contribution in [-0.4, -0.2) is 140 Å². The highest BCUT2D eigenvalue weighted by Crippen LogP contribution is 2.14. The van der Waals surface area contributed by atoms with E-state index in [9.17, 15) is 14.7 Å². The highest BCUT2D eigenvalue weighted by Gasteiger charge is 2.11. The van der Waals surface area contributed by atoms with E-state index in [2.05, 4.69) is 37.2 Å². The summed E-state index contributed by atoms with van der Waals surface area (Å²) >= 11 is 2.05. The first-order chi connectivity index (χ1) is 30.7. The predicted molar refractivity (Wildman–Crippen MR) is 241 cm³/mol. The van der Waals surface area contributed by atoms with Gasteiger partial charge >= 0.3 is 11.9 Å². The molecule has 0 unspecified atom stereocenters. The number of hydrogen-bond donors (Lipinski definition) is 2. The summed E-state index contributed by atoms with van der Waals surface area (Å²) in [5.41, 5.74) is 3.31. The maximum absolute atomic E-state index is 11.7. The lowest BCUT2D eigenvalue weighted by Gasteiger charge is -2.07. The van der Waals surface area contributed by atoms with Crippen LogP contribution in [0.15, 0.2) is 72.8 Å². The number of methoxy groups -OCH3 is 4. The summed E-state index contributed by atoms with van der Waals surface area (Å²) in [5.74, 6) is 8.97. The Morgan fingerprint density at radius 2 is 0.937 bits per heavy atom. The lowest BCUT2D eigenvalue weighted by Crippen LogP contribution is -2.12. The Morgan fingerprint density at radius 1 is 0.540 bits per heavy atom. The van der Waals surface area contributed by atoms with Crippen LogP contribution in [0, 0.1) is 27.8 Å². The normalized spacial score (nSPS) is 10.1. The van der Waals surface area contributed by atoms with Gasteiger partial charge in [-0.15, -0.1) is 6.42 Å². The molecule has 0 bridgehead atoms. The zero-order valence-corrected chi connectivity index (χ0v) is 38.1. The molecular weight excluding hydrogens is 931 g/mol. The van der Waals surface area contributed by atoms with Crippen molar-refractivity contribution in [3.05, 3.63) is 116 Å². The molecule has 0 aliphatic heterocycles. The average molecular weight is 987 g/mol. The van der Waals surface area contributed by atoms with Gasteiger partial charge in [0.05, 0.1) is 105 Å². The summed E-state index contributed by atoms with van der Waals surface area (Å²) in [6.07, 6.45) is 5.27. The van der Waals surface area contributed by atoms with Gasteiger partial charge in [-0.25, -0.2) is 19.6 Å². The second kappa shape index (κ2) is 34.3. The molecule has 0 aliphatic carbocycles. The number of carbonyl (C=O) groups is 2. The second-order valence-electron chi connectivity index (χ2n) is 12.3. The topological polar surface area (TPSA) is 193 Å². The lowest BCUT2D eigenvalue weighted by atomic mass is 10.1. The maximum Gasteiger partial charge on any atom is 0.356 e.